The number of benzene rings is 1. The number of nitrogens with one attached hydrogen (secondary N) is 1. The summed E-state index contributed by atoms with van der Waals surface area (Å²) in [5.41, 5.74) is -0.209. The van der Waals surface area contributed by atoms with E-state index in [0.717, 1.165) is 10.9 Å². The summed E-state index contributed by atoms with van der Waals surface area (Å²) in [7, 11) is 0. The highest BCUT2D eigenvalue weighted by Gasteiger charge is 2.21. The number of hydrogen-bond donors (Lipinski definition) is 1. The lowest BCUT2D eigenvalue weighted by molar-refractivity contribution is -0.119. The van der Waals surface area contributed by atoms with Crippen molar-refractivity contribution in [2.45, 2.75) is 20.3 Å². The Hall–Kier alpha value is -2.45. The molecule has 1 aromatic carbocycles. The second kappa shape index (κ2) is 9.48. The van der Waals surface area contributed by atoms with Gasteiger partial charge < -0.3 is 14.8 Å². The Morgan fingerprint density at radius 2 is 1.93 bits per heavy atom. The maximum atomic E-state index is 13.7. The molecule has 0 unspecified atom stereocenters. The quantitative estimate of drug-likeness (QED) is 0.692. The molecule has 0 saturated carbocycles. The normalized spacial score (nSPS) is 10.4. The molecule has 27 heavy (non-hydrogen) atoms. The average Bonchev–Trinajstić information content (AvgIpc) is 3.03. The topological polar surface area (TPSA) is 81.7 Å². The van der Waals surface area contributed by atoms with E-state index >= 15 is 0 Å². The fourth-order valence-corrected chi connectivity index (χ4v) is 3.37. The van der Waals surface area contributed by atoms with Gasteiger partial charge in [-0.15, -0.1) is 11.3 Å². The van der Waals surface area contributed by atoms with E-state index in [1.54, 1.807) is 13.0 Å². The van der Waals surface area contributed by atoms with Crippen LogP contribution in [0.5, 0.6) is 0 Å². The zero-order chi connectivity index (χ0) is 20.0. The highest BCUT2D eigenvalue weighted by molar-refractivity contribution is 7.16. The van der Waals surface area contributed by atoms with Crippen LogP contribution in [0.15, 0.2) is 24.3 Å². The van der Waals surface area contributed by atoms with Crippen molar-refractivity contribution in [2.24, 2.45) is 0 Å². The zero-order valence-corrected chi connectivity index (χ0v) is 16.2. The number of halogens is 2. The Labute approximate surface area is 164 Å². The first-order chi connectivity index (χ1) is 12.9. The highest BCUT2D eigenvalue weighted by Crippen LogP contribution is 2.29. The zero-order valence-electron chi connectivity index (χ0n) is 14.6. The SMILES string of the molecule is CCOC(=O)c1cc(CC)sc1NC(=O)COC(=O)c1c(F)cccc1Cl. The molecule has 0 aliphatic carbocycles. The number of amides is 1. The van der Waals surface area contributed by atoms with Gasteiger partial charge in [0.05, 0.1) is 17.2 Å². The molecule has 0 aliphatic heterocycles. The Morgan fingerprint density at radius 3 is 2.56 bits per heavy atom. The molecule has 2 aromatic rings. The number of rotatable bonds is 7. The van der Waals surface area contributed by atoms with Crippen LogP contribution in [0, 0.1) is 5.82 Å². The molecular weight excluding hydrogens is 397 g/mol. The molecule has 0 bridgehead atoms. The minimum Gasteiger partial charge on any atom is -0.462 e. The van der Waals surface area contributed by atoms with Crippen molar-refractivity contribution in [1.82, 2.24) is 0 Å². The van der Waals surface area contributed by atoms with E-state index in [0.29, 0.717) is 11.4 Å². The van der Waals surface area contributed by atoms with Gasteiger partial charge in [-0.1, -0.05) is 24.6 Å². The van der Waals surface area contributed by atoms with Crippen LogP contribution in [0.4, 0.5) is 9.39 Å². The molecular formula is C18H17ClFNO5S. The second-order valence-corrected chi connectivity index (χ2v) is 6.79. The van der Waals surface area contributed by atoms with Gasteiger partial charge in [-0.3, -0.25) is 4.79 Å². The van der Waals surface area contributed by atoms with Crippen molar-refractivity contribution in [3.05, 3.63) is 51.1 Å². The first-order valence-electron chi connectivity index (χ1n) is 8.08. The average molecular weight is 414 g/mol. The van der Waals surface area contributed by atoms with Crippen molar-refractivity contribution in [3.63, 3.8) is 0 Å². The number of anilines is 1. The molecule has 6 nitrogen and oxygen atoms in total. The van der Waals surface area contributed by atoms with Gasteiger partial charge in [0.1, 0.15) is 16.4 Å². The lowest BCUT2D eigenvalue weighted by Gasteiger charge is -2.08. The molecule has 0 saturated heterocycles. The molecule has 0 aliphatic rings. The van der Waals surface area contributed by atoms with Crippen molar-refractivity contribution in [1.29, 1.82) is 0 Å². The lowest BCUT2D eigenvalue weighted by Crippen LogP contribution is -2.22. The van der Waals surface area contributed by atoms with E-state index in [1.165, 1.54) is 23.5 Å². The van der Waals surface area contributed by atoms with Crippen molar-refractivity contribution in [2.75, 3.05) is 18.5 Å². The third-order valence-electron chi connectivity index (χ3n) is 3.38. The van der Waals surface area contributed by atoms with Gasteiger partial charge in [0.2, 0.25) is 0 Å². The Bertz CT molecular complexity index is 847. The maximum absolute atomic E-state index is 13.7. The Balaban J connectivity index is 2.05. The minimum absolute atomic E-state index is 0.115. The summed E-state index contributed by atoms with van der Waals surface area (Å²) in [6, 6.07) is 5.39. The molecule has 0 radical (unpaired) electrons. The van der Waals surface area contributed by atoms with Crippen LogP contribution in [0.1, 0.15) is 39.4 Å². The van der Waals surface area contributed by atoms with Crippen LogP contribution < -0.4 is 5.32 Å². The Morgan fingerprint density at radius 1 is 1.19 bits per heavy atom. The molecule has 1 heterocycles. The molecule has 0 fully saturated rings. The third kappa shape index (κ3) is 5.27. The number of esters is 2. The number of ether oxygens (including phenoxy) is 2. The number of hydrogen-bond acceptors (Lipinski definition) is 6. The summed E-state index contributed by atoms with van der Waals surface area (Å²) in [5, 5.41) is 2.70. The predicted molar refractivity (Wildman–Crippen MR) is 100.0 cm³/mol. The largest absolute Gasteiger partial charge is 0.462 e. The number of thiophene rings is 1. The van der Waals surface area contributed by atoms with E-state index < -0.39 is 35.8 Å². The molecule has 0 spiro atoms. The standard InChI is InChI=1S/C18H17ClFNO5S/c1-3-10-8-11(17(23)25-4-2)16(27-10)21-14(22)9-26-18(24)15-12(19)6-5-7-13(15)20/h5-8H,3-4,9H2,1-2H3,(H,21,22). The summed E-state index contributed by atoms with van der Waals surface area (Å²) < 4.78 is 23.5. The first-order valence-corrected chi connectivity index (χ1v) is 9.27. The second-order valence-electron chi connectivity index (χ2n) is 5.25. The van der Waals surface area contributed by atoms with Crippen LogP contribution in [0.2, 0.25) is 5.02 Å². The summed E-state index contributed by atoms with van der Waals surface area (Å²) in [4.78, 5) is 36.9. The molecule has 0 atom stereocenters. The number of carbonyl (C=O) groups is 3. The van der Waals surface area contributed by atoms with Crippen LogP contribution in [0.25, 0.3) is 0 Å². The summed E-state index contributed by atoms with van der Waals surface area (Å²) in [6.45, 7) is 3.12. The maximum Gasteiger partial charge on any atom is 0.343 e. The van der Waals surface area contributed by atoms with Crippen molar-refractivity contribution >= 4 is 45.8 Å². The van der Waals surface area contributed by atoms with Gasteiger partial charge in [-0.2, -0.15) is 0 Å². The summed E-state index contributed by atoms with van der Waals surface area (Å²) in [5.74, 6) is -3.13. The number of aryl methyl sites for hydroxylation is 1. The molecule has 144 valence electrons. The third-order valence-corrected chi connectivity index (χ3v) is 4.89. The van der Waals surface area contributed by atoms with Gasteiger partial charge in [-0.05, 0) is 31.5 Å². The van der Waals surface area contributed by atoms with E-state index in [4.69, 9.17) is 21.1 Å². The van der Waals surface area contributed by atoms with Crippen molar-refractivity contribution < 1.29 is 28.2 Å². The van der Waals surface area contributed by atoms with Crippen LogP contribution in [0.3, 0.4) is 0 Å². The van der Waals surface area contributed by atoms with Crippen LogP contribution in [-0.4, -0.2) is 31.1 Å². The molecule has 1 N–H and O–H groups in total. The number of carbonyl (C=O) groups excluding carboxylic acids is 3. The minimum atomic E-state index is -1.06. The van der Waals surface area contributed by atoms with Crippen molar-refractivity contribution in [3.8, 4) is 0 Å². The highest BCUT2D eigenvalue weighted by atomic mass is 35.5. The van der Waals surface area contributed by atoms with Gasteiger partial charge in [-0.25, -0.2) is 14.0 Å². The van der Waals surface area contributed by atoms with Crippen LogP contribution in [-0.2, 0) is 20.7 Å². The predicted octanol–water partition coefficient (Wildman–Crippen LogP) is 4.08. The van der Waals surface area contributed by atoms with Gasteiger partial charge in [0.25, 0.3) is 5.91 Å². The molecule has 1 amide bonds. The monoisotopic (exact) mass is 413 g/mol. The fourth-order valence-electron chi connectivity index (χ4n) is 2.13. The van der Waals surface area contributed by atoms with Gasteiger partial charge in [0.15, 0.2) is 6.61 Å². The van der Waals surface area contributed by atoms with E-state index in [1.807, 2.05) is 6.92 Å². The van der Waals surface area contributed by atoms with E-state index in [9.17, 15) is 18.8 Å². The van der Waals surface area contributed by atoms with Gasteiger partial charge in [0, 0.05) is 4.88 Å². The molecule has 9 heteroatoms. The van der Waals surface area contributed by atoms with E-state index in [2.05, 4.69) is 5.32 Å². The van der Waals surface area contributed by atoms with Crippen LogP contribution >= 0.6 is 22.9 Å². The van der Waals surface area contributed by atoms with Gasteiger partial charge >= 0.3 is 11.9 Å². The summed E-state index contributed by atoms with van der Waals surface area (Å²) in [6.07, 6.45) is 0.674. The Kier molecular flexibility index (Phi) is 7.32. The smallest absolute Gasteiger partial charge is 0.343 e. The molecule has 2 rings (SSSR count). The summed E-state index contributed by atoms with van der Waals surface area (Å²) >= 11 is 7.01. The molecule has 1 aromatic heterocycles. The lowest BCUT2D eigenvalue weighted by atomic mass is 10.2. The van der Waals surface area contributed by atoms with E-state index in [-0.39, 0.29) is 17.2 Å². The fraction of sp³-hybridized carbons (Fsp3) is 0.278. The first kappa shape index (κ1) is 20.9.